The second kappa shape index (κ2) is 5.16. The van der Waals surface area contributed by atoms with Crippen LogP contribution in [0.25, 0.3) is 0 Å². The van der Waals surface area contributed by atoms with Gasteiger partial charge in [0.05, 0.1) is 5.69 Å². The number of nitrogens with zero attached hydrogens (tertiary/aromatic N) is 3. The quantitative estimate of drug-likeness (QED) is 0.818. The zero-order valence-corrected chi connectivity index (χ0v) is 12.4. The van der Waals surface area contributed by atoms with Crippen molar-refractivity contribution in [3.63, 3.8) is 0 Å². The van der Waals surface area contributed by atoms with E-state index in [9.17, 15) is 0 Å². The molecule has 4 nitrogen and oxygen atoms in total. The molecule has 106 valence electrons. The summed E-state index contributed by atoms with van der Waals surface area (Å²) in [4.78, 5) is 2.52. The van der Waals surface area contributed by atoms with Gasteiger partial charge in [0.25, 0.3) is 0 Å². The van der Waals surface area contributed by atoms with Gasteiger partial charge in [-0.25, -0.2) is 0 Å². The van der Waals surface area contributed by atoms with E-state index in [4.69, 9.17) is 0 Å². The van der Waals surface area contributed by atoms with Gasteiger partial charge in [-0.3, -0.25) is 4.68 Å². The summed E-state index contributed by atoms with van der Waals surface area (Å²) in [5.74, 6) is 2.25. The monoisotopic (exact) mass is 262 g/mol. The molecule has 0 aromatic carbocycles. The van der Waals surface area contributed by atoms with Gasteiger partial charge in [0.1, 0.15) is 5.82 Å². The summed E-state index contributed by atoms with van der Waals surface area (Å²) >= 11 is 0. The first-order valence-corrected chi connectivity index (χ1v) is 7.69. The Morgan fingerprint density at radius 3 is 2.63 bits per heavy atom. The molecule has 0 unspecified atom stereocenters. The third-order valence-electron chi connectivity index (χ3n) is 4.31. The Bertz CT molecular complexity index is 443. The molecule has 0 spiro atoms. The average molecular weight is 262 g/mol. The van der Waals surface area contributed by atoms with Crippen LogP contribution in [-0.4, -0.2) is 28.9 Å². The molecule has 4 heteroatoms. The molecule has 0 bridgehead atoms. The van der Waals surface area contributed by atoms with Crippen LogP contribution in [0.15, 0.2) is 0 Å². The molecule has 1 aromatic rings. The summed E-state index contributed by atoms with van der Waals surface area (Å²) in [7, 11) is 2.08. The lowest BCUT2D eigenvalue weighted by Crippen LogP contribution is -2.29. The van der Waals surface area contributed by atoms with Crippen molar-refractivity contribution in [1.29, 1.82) is 0 Å². The van der Waals surface area contributed by atoms with E-state index in [-0.39, 0.29) is 0 Å². The van der Waals surface area contributed by atoms with Gasteiger partial charge < -0.3 is 10.2 Å². The van der Waals surface area contributed by atoms with Crippen LogP contribution in [0.4, 0.5) is 5.82 Å². The number of rotatable bonds is 7. The minimum Gasteiger partial charge on any atom is -0.357 e. The largest absolute Gasteiger partial charge is 0.357 e. The van der Waals surface area contributed by atoms with Crippen molar-refractivity contribution < 1.29 is 0 Å². The zero-order valence-electron chi connectivity index (χ0n) is 12.4. The Hall–Kier alpha value is -1.03. The second-order valence-electron chi connectivity index (χ2n) is 6.15. The van der Waals surface area contributed by atoms with Crippen molar-refractivity contribution in [2.24, 2.45) is 13.0 Å². The maximum absolute atomic E-state index is 4.64. The van der Waals surface area contributed by atoms with Gasteiger partial charge in [-0.1, -0.05) is 0 Å². The maximum atomic E-state index is 4.64. The number of hydrogen-bond donors (Lipinski definition) is 1. The van der Waals surface area contributed by atoms with Gasteiger partial charge in [0.15, 0.2) is 0 Å². The molecule has 2 aliphatic rings. The van der Waals surface area contributed by atoms with E-state index in [0.717, 1.165) is 25.0 Å². The Labute approximate surface area is 116 Å². The van der Waals surface area contributed by atoms with E-state index in [1.165, 1.54) is 49.3 Å². The summed E-state index contributed by atoms with van der Waals surface area (Å²) < 4.78 is 2.07. The van der Waals surface area contributed by atoms with E-state index < -0.39 is 0 Å². The highest BCUT2D eigenvalue weighted by atomic mass is 15.4. The lowest BCUT2D eigenvalue weighted by Gasteiger charge is -2.24. The second-order valence-corrected chi connectivity index (χ2v) is 6.15. The summed E-state index contributed by atoms with van der Waals surface area (Å²) in [6.45, 7) is 7.64. The van der Waals surface area contributed by atoms with Crippen molar-refractivity contribution in [3.8, 4) is 0 Å². The standard InChI is InChI=1S/C15H26N4/c1-4-19(10-12-5-6-12)15-14(9-16-13-7-8-13)11(2)17-18(15)3/h12-13,16H,4-10H2,1-3H3. The highest BCUT2D eigenvalue weighted by Crippen LogP contribution is 2.33. The minimum absolute atomic E-state index is 0.756. The molecular weight excluding hydrogens is 236 g/mol. The van der Waals surface area contributed by atoms with E-state index in [1.54, 1.807) is 0 Å². The fourth-order valence-electron chi connectivity index (χ4n) is 2.80. The Morgan fingerprint density at radius 1 is 1.32 bits per heavy atom. The summed E-state index contributed by atoms with van der Waals surface area (Å²) in [6, 6.07) is 0.756. The van der Waals surface area contributed by atoms with Gasteiger partial charge in [-0.05, 0) is 45.4 Å². The lowest BCUT2D eigenvalue weighted by molar-refractivity contribution is 0.660. The number of nitrogens with one attached hydrogen (secondary N) is 1. The molecule has 3 rings (SSSR count). The molecule has 1 aromatic heterocycles. The van der Waals surface area contributed by atoms with Crippen molar-refractivity contribution >= 4 is 5.82 Å². The molecule has 1 N–H and O–H groups in total. The molecular formula is C15H26N4. The van der Waals surface area contributed by atoms with E-state index in [2.05, 4.69) is 40.9 Å². The van der Waals surface area contributed by atoms with Crippen LogP contribution in [0.2, 0.25) is 0 Å². The highest BCUT2D eigenvalue weighted by molar-refractivity contribution is 5.50. The normalized spacial score (nSPS) is 18.9. The van der Waals surface area contributed by atoms with Crippen molar-refractivity contribution in [3.05, 3.63) is 11.3 Å². The number of aromatic nitrogens is 2. The van der Waals surface area contributed by atoms with Crippen LogP contribution in [0.3, 0.4) is 0 Å². The van der Waals surface area contributed by atoms with Crippen molar-refractivity contribution in [2.45, 2.75) is 52.1 Å². The van der Waals surface area contributed by atoms with Crippen LogP contribution < -0.4 is 10.2 Å². The SMILES string of the molecule is CCN(CC1CC1)c1c(CNC2CC2)c(C)nn1C. The van der Waals surface area contributed by atoms with Crippen LogP contribution in [-0.2, 0) is 13.6 Å². The molecule has 2 fully saturated rings. The fourth-order valence-corrected chi connectivity index (χ4v) is 2.80. The molecule has 0 atom stereocenters. The van der Waals surface area contributed by atoms with Gasteiger partial charge >= 0.3 is 0 Å². The smallest absolute Gasteiger partial charge is 0.131 e. The molecule has 2 saturated carbocycles. The van der Waals surface area contributed by atoms with Gasteiger partial charge in [-0.15, -0.1) is 0 Å². The average Bonchev–Trinajstić information content (AvgIpc) is 3.26. The summed E-state index contributed by atoms with van der Waals surface area (Å²) in [5.41, 5.74) is 2.58. The van der Waals surface area contributed by atoms with Crippen LogP contribution in [0.5, 0.6) is 0 Å². The van der Waals surface area contributed by atoms with Crippen LogP contribution in [0.1, 0.15) is 43.9 Å². The predicted octanol–water partition coefficient (Wildman–Crippen LogP) is 2.22. The Morgan fingerprint density at radius 2 is 2.05 bits per heavy atom. The lowest BCUT2D eigenvalue weighted by atomic mass is 10.2. The topological polar surface area (TPSA) is 33.1 Å². The Kier molecular flexibility index (Phi) is 3.52. The number of aryl methyl sites for hydroxylation is 2. The first kappa shape index (κ1) is 13.0. The van der Waals surface area contributed by atoms with Crippen LogP contribution in [0, 0.1) is 12.8 Å². The first-order valence-electron chi connectivity index (χ1n) is 7.69. The molecule has 0 saturated heterocycles. The fraction of sp³-hybridized carbons (Fsp3) is 0.800. The third kappa shape index (κ3) is 2.94. The molecule has 0 amide bonds. The molecule has 19 heavy (non-hydrogen) atoms. The highest BCUT2D eigenvalue weighted by Gasteiger charge is 2.28. The number of hydrogen-bond acceptors (Lipinski definition) is 3. The van der Waals surface area contributed by atoms with Crippen molar-refractivity contribution in [1.82, 2.24) is 15.1 Å². The molecule has 0 radical (unpaired) electrons. The molecule has 1 heterocycles. The minimum atomic E-state index is 0.756. The van der Waals surface area contributed by atoms with Gasteiger partial charge in [0.2, 0.25) is 0 Å². The van der Waals surface area contributed by atoms with Gasteiger partial charge in [0, 0.05) is 38.3 Å². The third-order valence-corrected chi connectivity index (χ3v) is 4.31. The number of anilines is 1. The van der Waals surface area contributed by atoms with Gasteiger partial charge in [-0.2, -0.15) is 5.10 Å². The summed E-state index contributed by atoms with van der Waals surface area (Å²) in [5, 5.41) is 8.28. The summed E-state index contributed by atoms with van der Waals surface area (Å²) in [6.07, 6.45) is 5.49. The van der Waals surface area contributed by atoms with Crippen molar-refractivity contribution in [2.75, 3.05) is 18.0 Å². The Balaban J connectivity index is 1.79. The van der Waals surface area contributed by atoms with Crippen LogP contribution >= 0.6 is 0 Å². The zero-order chi connectivity index (χ0) is 13.4. The van der Waals surface area contributed by atoms with E-state index >= 15 is 0 Å². The van der Waals surface area contributed by atoms with E-state index in [1.807, 2.05) is 0 Å². The molecule has 0 aliphatic heterocycles. The maximum Gasteiger partial charge on any atom is 0.131 e. The first-order chi connectivity index (χ1) is 9.19. The molecule has 2 aliphatic carbocycles. The predicted molar refractivity (Wildman–Crippen MR) is 78.4 cm³/mol. The van der Waals surface area contributed by atoms with E-state index in [0.29, 0.717) is 0 Å².